The molecule has 6 heterocycles. The molecule has 96 heavy (non-hydrogen) atoms. The Morgan fingerprint density at radius 3 is 0.573 bits per heavy atom. The molecular formula is C66H80O18Si12. The lowest BCUT2D eigenvalue weighted by molar-refractivity contribution is -0.136. The fourth-order valence-electron chi connectivity index (χ4n) is 12.4. The van der Waals surface area contributed by atoms with Crippen LogP contribution in [0.1, 0.15) is 38.5 Å². The second-order valence-corrected chi connectivity index (χ2v) is 66.0. The summed E-state index contributed by atoms with van der Waals surface area (Å²) in [5.41, 5.74) is 0. The van der Waals surface area contributed by atoms with Crippen molar-refractivity contribution in [1.29, 1.82) is 0 Å². The van der Waals surface area contributed by atoms with Gasteiger partial charge in [-0.2, -0.15) is 0 Å². The molecule has 18 nitrogen and oxygen atoms in total. The van der Waals surface area contributed by atoms with Crippen LogP contribution in [0.15, 0.2) is 243 Å². The Morgan fingerprint density at radius 1 is 0.260 bits per heavy atom. The van der Waals surface area contributed by atoms with Crippen LogP contribution in [0.4, 0.5) is 0 Å². The summed E-state index contributed by atoms with van der Waals surface area (Å²) >= 11 is 0. The van der Waals surface area contributed by atoms with Crippen LogP contribution in [0.2, 0.25) is 64.5 Å². The number of benzene rings is 8. The highest BCUT2D eigenvalue weighted by Gasteiger charge is 2.83. The Morgan fingerprint density at radius 2 is 0.417 bits per heavy atom. The first-order valence-electron chi connectivity index (χ1n) is 32.6. The molecule has 0 amide bonds. The predicted molar refractivity (Wildman–Crippen MR) is 389 cm³/mol. The van der Waals surface area contributed by atoms with Crippen molar-refractivity contribution >= 4 is 158 Å². The lowest BCUT2D eigenvalue weighted by atomic mass is 10.2. The van der Waals surface area contributed by atoms with Crippen molar-refractivity contribution in [2.24, 2.45) is 0 Å². The number of unbranched alkanes of at least 4 members (excludes halogenated alkanes) is 2. The van der Waals surface area contributed by atoms with Crippen molar-refractivity contribution in [2.75, 3.05) is 0 Å². The number of rotatable bonds is 20. The molecule has 0 radical (unpaired) electrons. The van der Waals surface area contributed by atoms with Gasteiger partial charge in [-0.25, -0.2) is 0 Å². The minimum atomic E-state index is -5.30. The normalized spacial score (nSPS) is 31.2. The molecule has 6 aliphatic rings. The zero-order valence-electron chi connectivity index (χ0n) is 55.1. The van der Waals surface area contributed by atoms with E-state index in [4.69, 9.17) is 66.5 Å². The van der Waals surface area contributed by atoms with E-state index in [0.717, 1.165) is 0 Å². The second kappa shape index (κ2) is 27.4. The SMILES string of the molecule is C[Si](C)(C)OC(=O)CCCC[Si]1(C)O[Si]2(c3ccccc3)O[Si]3(c4ccccc4)O[Si]4(c5ccccc5)O[Si](C)(CCCCC(=O)O[Si](C)(C)C)O[Si]5(c6ccccc6)O[Si](c6ccccc6)(O[Si](c6ccccc6)(O1)O[Si](c1ccccc1)(O5)O[Si](c1ccccc1)(O2)O4)O3. The van der Waals surface area contributed by atoms with Crippen LogP contribution in [0, 0.1) is 0 Å². The molecule has 6 fully saturated rings. The van der Waals surface area contributed by atoms with Gasteiger partial charge in [-0.1, -0.05) is 255 Å². The molecule has 0 saturated carbocycles. The average molecular weight is 1500 g/mol. The summed E-state index contributed by atoms with van der Waals surface area (Å²) in [7, 11) is -54.8. The minimum absolute atomic E-state index is 0.149. The molecule has 8 bridgehead atoms. The molecule has 0 aromatic heterocycles. The molecular weight excluding hydrogens is 1420 g/mol. The summed E-state index contributed by atoms with van der Waals surface area (Å²) in [5.74, 6) is -0.549. The highest BCUT2D eigenvalue weighted by Crippen LogP contribution is 2.48. The maximum Gasteiger partial charge on any atom is 0.515 e. The number of hydrogen-bond donors (Lipinski definition) is 0. The fraction of sp³-hybridized carbons (Fsp3) is 0.242. The summed E-state index contributed by atoms with van der Waals surface area (Å²) in [6.07, 6.45) is 1.96. The highest BCUT2D eigenvalue weighted by atomic mass is 28.6. The number of carbonyl (C=O) groups excluding carboxylic acids is 2. The highest BCUT2D eigenvalue weighted by molar-refractivity contribution is 7.12. The van der Waals surface area contributed by atoms with Gasteiger partial charge < -0.3 is 66.5 Å². The molecule has 14 rings (SSSR count). The van der Waals surface area contributed by atoms with E-state index in [2.05, 4.69) is 0 Å². The Hall–Kier alpha value is -5.26. The third-order valence-electron chi connectivity index (χ3n) is 16.5. The van der Waals surface area contributed by atoms with Crippen LogP contribution in [-0.4, -0.2) is 116 Å². The van der Waals surface area contributed by atoms with E-state index in [1.54, 1.807) is 0 Å². The topological polar surface area (TPSA) is 182 Å². The molecule has 0 N–H and O–H groups in total. The van der Waals surface area contributed by atoms with Crippen LogP contribution < -0.4 is 41.5 Å². The van der Waals surface area contributed by atoms with E-state index in [1.165, 1.54) is 0 Å². The Balaban J connectivity index is 1.22. The van der Waals surface area contributed by atoms with Gasteiger partial charge in [0, 0.05) is 54.3 Å². The van der Waals surface area contributed by atoms with Crippen molar-refractivity contribution in [3.8, 4) is 0 Å². The molecule has 0 aliphatic carbocycles. The smallest absolute Gasteiger partial charge is 0.515 e. The fourth-order valence-corrected chi connectivity index (χ4v) is 70.9. The standard InChI is InChI=1S/C66H80O18Si12/c1-85(2,3)69-65(67)53-33-35-55-87(7)71-89(57-37-17-9-18-38-57)75-93(61-45-25-13-26-46-61)79-91(59-41-21-11-22-42-59)73-88(8,56-36-34-54-66(68)70-86(4,5)6)74-92(60-43-23-12-24-44-60)81-95(83-93,63-49-29-15-30-50-63)77-90(72-87,58-39-19-10-20-40-58)78-96(82-92,64-51-31-16-32-52-64)84-94(76-89,80-91)62-47-27-14-28-48-62/h9-32,37-52H,33-36,53-56H2,1-8H3. The Labute approximate surface area is 575 Å². The zero-order valence-corrected chi connectivity index (χ0v) is 67.1. The summed E-state index contributed by atoms with van der Waals surface area (Å²) in [6, 6.07) is 77.3. The number of carbonyl (C=O) groups is 2. The van der Waals surface area contributed by atoms with Crippen LogP contribution in [0.5, 0.6) is 0 Å². The van der Waals surface area contributed by atoms with Crippen molar-refractivity contribution in [3.63, 3.8) is 0 Å². The van der Waals surface area contributed by atoms with E-state index in [9.17, 15) is 9.59 Å². The summed E-state index contributed by atoms with van der Waals surface area (Å²) < 4.78 is 132. The summed E-state index contributed by atoms with van der Waals surface area (Å²) in [6.45, 7) is 16.0. The molecule has 0 atom stereocenters. The van der Waals surface area contributed by atoms with Crippen LogP contribution in [0.25, 0.3) is 0 Å². The third kappa shape index (κ3) is 14.5. The quantitative estimate of drug-likeness (QED) is 0.0524. The average Bonchev–Trinajstić information content (AvgIpc) is 0.677. The van der Waals surface area contributed by atoms with E-state index in [-0.39, 0.29) is 36.9 Å². The van der Waals surface area contributed by atoms with E-state index in [0.29, 0.717) is 67.2 Å². The van der Waals surface area contributed by atoms with Gasteiger partial charge in [0.15, 0.2) is 0 Å². The van der Waals surface area contributed by atoms with E-state index >= 15 is 0 Å². The zero-order chi connectivity index (χ0) is 67.0. The van der Waals surface area contributed by atoms with Gasteiger partial charge in [-0.3, -0.25) is 9.59 Å². The van der Waals surface area contributed by atoms with Gasteiger partial charge in [-0.15, -0.1) is 0 Å². The Kier molecular flexibility index (Phi) is 19.7. The van der Waals surface area contributed by atoms with Gasteiger partial charge >= 0.3 is 87.6 Å². The van der Waals surface area contributed by atoms with Crippen LogP contribution >= 0.6 is 0 Å². The second-order valence-electron chi connectivity index (χ2n) is 26.7. The molecule has 8 aromatic rings. The monoisotopic (exact) mass is 1500 g/mol. The van der Waals surface area contributed by atoms with Crippen LogP contribution in [0.3, 0.4) is 0 Å². The molecule has 8 aromatic carbocycles. The maximum atomic E-state index is 13.7. The molecule has 6 saturated heterocycles. The largest absolute Gasteiger partial charge is 0.520 e. The molecule has 500 valence electrons. The minimum Gasteiger partial charge on any atom is -0.520 e. The van der Waals surface area contributed by atoms with Crippen LogP contribution in [-0.2, 0) is 76.1 Å². The lowest BCUT2D eigenvalue weighted by Gasteiger charge is -2.61. The first-order valence-corrected chi connectivity index (χ1v) is 58.3. The molecule has 30 heteroatoms. The van der Waals surface area contributed by atoms with E-state index in [1.807, 2.05) is 295 Å². The van der Waals surface area contributed by atoms with E-state index < -0.39 is 104 Å². The van der Waals surface area contributed by atoms with Crippen molar-refractivity contribution in [3.05, 3.63) is 243 Å². The van der Waals surface area contributed by atoms with Gasteiger partial charge in [0.2, 0.25) is 16.6 Å². The first kappa shape index (κ1) is 69.2. The summed E-state index contributed by atoms with van der Waals surface area (Å²) in [5, 5.41) is 3.85. The molecule has 0 spiro atoms. The third-order valence-corrected chi connectivity index (χ3v) is 61.7. The van der Waals surface area contributed by atoms with Gasteiger partial charge in [0.25, 0.3) is 11.9 Å². The summed E-state index contributed by atoms with van der Waals surface area (Å²) in [4.78, 5) is 27.4. The van der Waals surface area contributed by atoms with Crippen molar-refractivity contribution in [2.45, 2.75) is 103 Å². The molecule has 6 aliphatic heterocycles. The molecule has 0 unspecified atom stereocenters. The van der Waals surface area contributed by atoms with Crippen molar-refractivity contribution < 1.29 is 76.1 Å². The van der Waals surface area contributed by atoms with Gasteiger partial charge in [-0.05, 0) is 77.3 Å². The predicted octanol–water partition coefficient (Wildman–Crippen LogP) is 8.30. The van der Waals surface area contributed by atoms with Gasteiger partial charge in [0.1, 0.15) is 0 Å². The number of fused-ring (bicyclic) bond motifs is 4. The maximum absolute atomic E-state index is 13.7. The van der Waals surface area contributed by atoms with Gasteiger partial charge in [0.05, 0.1) is 0 Å². The number of hydrogen-bond acceptors (Lipinski definition) is 18. The Bertz CT molecular complexity index is 3480. The first-order chi connectivity index (χ1) is 45.9. The lowest BCUT2D eigenvalue weighted by Crippen LogP contribution is -2.93. The van der Waals surface area contributed by atoms with Crippen molar-refractivity contribution in [1.82, 2.24) is 0 Å².